The number of nitrogens with one attached hydrogen (secondary N) is 3. The van der Waals surface area contributed by atoms with Crippen LogP contribution in [0.2, 0.25) is 0 Å². The van der Waals surface area contributed by atoms with Gasteiger partial charge in [0.1, 0.15) is 23.9 Å². The Kier molecular flexibility index (Phi) is 12.9. The Bertz CT molecular complexity index is 1160. The van der Waals surface area contributed by atoms with Gasteiger partial charge >= 0.3 is 11.9 Å². The SMILES string of the molecule is CSCCC(N)C(=O)NC(CC(=O)O)C(=O)NC(Cc1ccc(O)cc1)C(=O)NC(Cc1ccccc1)C(=O)O. The van der Waals surface area contributed by atoms with Gasteiger partial charge in [0, 0.05) is 12.8 Å². The highest BCUT2D eigenvalue weighted by Gasteiger charge is 2.31. The van der Waals surface area contributed by atoms with Crippen LogP contribution in [0.4, 0.5) is 0 Å². The molecule has 0 aliphatic rings. The number of nitrogens with two attached hydrogens (primary N) is 1. The first kappa shape index (κ1) is 32.1. The predicted octanol–water partition coefficient (Wildman–Crippen LogP) is 0.272. The third-order valence-electron chi connectivity index (χ3n) is 5.89. The lowest BCUT2D eigenvalue weighted by molar-refractivity contribution is -0.143. The van der Waals surface area contributed by atoms with Gasteiger partial charge in [-0.15, -0.1) is 0 Å². The van der Waals surface area contributed by atoms with Gasteiger partial charge in [-0.3, -0.25) is 19.2 Å². The van der Waals surface area contributed by atoms with Crippen molar-refractivity contribution >= 4 is 41.4 Å². The van der Waals surface area contributed by atoms with Crippen LogP contribution in [0.5, 0.6) is 5.75 Å². The van der Waals surface area contributed by atoms with E-state index >= 15 is 0 Å². The minimum absolute atomic E-state index is 0.0204. The van der Waals surface area contributed by atoms with Gasteiger partial charge in [0.2, 0.25) is 17.7 Å². The van der Waals surface area contributed by atoms with Crippen LogP contribution in [0.25, 0.3) is 0 Å². The number of carbonyl (C=O) groups is 5. The second kappa shape index (κ2) is 16.1. The van der Waals surface area contributed by atoms with Crippen molar-refractivity contribution in [3.05, 3.63) is 65.7 Å². The topological polar surface area (TPSA) is 208 Å². The maximum atomic E-state index is 13.3. The van der Waals surface area contributed by atoms with Crippen molar-refractivity contribution in [3.8, 4) is 5.75 Å². The monoisotopic (exact) mass is 574 g/mol. The zero-order valence-electron chi connectivity index (χ0n) is 21.9. The summed E-state index contributed by atoms with van der Waals surface area (Å²) in [5, 5.41) is 35.8. The molecule has 4 atom stereocenters. The number of aliphatic carboxylic acids is 2. The van der Waals surface area contributed by atoms with Crippen molar-refractivity contribution in [1.82, 2.24) is 16.0 Å². The van der Waals surface area contributed by atoms with Crippen molar-refractivity contribution in [2.75, 3.05) is 12.0 Å². The maximum absolute atomic E-state index is 13.3. The number of phenolic OH excluding ortho intramolecular Hbond substituents is 1. The summed E-state index contributed by atoms with van der Waals surface area (Å²) < 4.78 is 0. The molecule has 0 aromatic heterocycles. The van der Waals surface area contributed by atoms with Crippen LogP contribution in [-0.4, -0.2) is 81.2 Å². The lowest BCUT2D eigenvalue weighted by Crippen LogP contribution is -2.58. The highest BCUT2D eigenvalue weighted by atomic mass is 32.2. The predicted molar refractivity (Wildman–Crippen MR) is 149 cm³/mol. The second-order valence-corrected chi connectivity index (χ2v) is 10.1. The van der Waals surface area contributed by atoms with Crippen molar-refractivity contribution < 1.29 is 39.3 Å². The number of carboxylic acid groups (broad SMARTS) is 2. The van der Waals surface area contributed by atoms with E-state index in [2.05, 4.69) is 16.0 Å². The Morgan fingerprint density at radius 2 is 1.30 bits per heavy atom. The molecule has 0 aliphatic carbocycles. The van der Waals surface area contributed by atoms with Crippen molar-refractivity contribution in [2.24, 2.45) is 5.73 Å². The van der Waals surface area contributed by atoms with Crippen LogP contribution in [0.3, 0.4) is 0 Å². The molecule has 0 fully saturated rings. The highest BCUT2D eigenvalue weighted by Crippen LogP contribution is 2.13. The summed E-state index contributed by atoms with van der Waals surface area (Å²) >= 11 is 1.47. The summed E-state index contributed by atoms with van der Waals surface area (Å²) in [4.78, 5) is 62.3. The Morgan fingerprint density at radius 3 is 1.88 bits per heavy atom. The number of benzene rings is 2. The van der Waals surface area contributed by atoms with E-state index < -0.39 is 60.2 Å². The Morgan fingerprint density at radius 1 is 0.775 bits per heavy atom. The summed E-state index contributed by atoms with van der Waals surface area (Å²) in [5.41, 5.74) is 7.03. The number of rotatable bonds is 16. The molecule has 3 amide bonds. The van der Waals surface area contributed by atoms with E-state index in [1.807, 2.05) is 6.26 Å². The van der Waals surface area contributed by atoms with E-state index in [1.165, 1.54) is 36.0 Å². The molecular formula is C27H34N4O8S. The molecule has 0 aliphatic heterocycles. The third-order valence-corrected chi connectivity index (χ3v) is 6.53. The van der Waals surface area contributed by atoms with Crippen molar-refractivity contribution in [2.45, 2.75) is 49.9 Å². The van der Waals surface area contributed by atoms with Gasteiger partial charge in [0.25, 0.3) is 0 Å². The third kappa shape index (κ3) is 10.9. The molecule has 2 aromatic carbocycles. The standard InChI is InChI=1S/C27H34N4O8S/c1-40-12-11-19(28)24(35)29-21(15-23(33)34)26(37)30-20(13-17-7-9-18(32)10-8-17)25(36)31-22(27(38)39)14-16-5-3-2-4-6-16/h2-10,19-22,32H,11-15,28H2,1H3,(H,29,35)(H,30,37)(H,31,36)(H,33,34)(H,38,39). The quantitative estimate of drug-likeness (QED) is 0.146. The van der Waals surface area contributed by atoms with Crippen LogP contribution < -0.4 is 21.7 Å². The number of carbonyl (C=O) groups excluding carboxylic acids is 3. The van der Waals surface area contributed by atoms with E-state index in [1.54, 1.807) is 30.3 Å². The lowest BCUT2D eigenvalue weighted by Gasteiger charge is -2.25. The van der Waals surface area contributed by atoms with E-state index in [9.17, 15) is 39.3 Å². The first-order valence-electron chi connectivity index (χ1n) is 12.4. The van der Waals surface area contributed by atoms with E-state index in [4.69, 9.17) is 5.73 Å². The number of phenols is 1. The maximum Gasteiger partial charge on any atom is 0.326 e. The zero-order chi connectivity index (χ0) is 29.7. The number of thioether (sulfide) groups is 1. The molecule has 13 heteroatoms. The Balaban J connectivity index is 2.26. The summed E-state index contributed by atoms with van der Waals surface area (Å²) in [6.45, 7) is 0. The van der Waals surface area contributed by atoms with Crippen LogP contribution in [0.15, 0.2) is 54.6 Å². The molecule has 12 nitrogen and oxygen atoms in total. The normalized spacial score (nSPS) is 13.8. The van der Waals surface area contributed by atoms with Gasteiger partial charge in [-0.25, -0.2) is 4.79 Å². The number of hydrogen-bond acceptors (Lipinski definition) is 8. The first-order chi connectivity index (χ1) is 19.0. The molecule has 4 unspecified atom stereocenters. The molecule has 0 radical (unpaired) electrons. The summed E-state index contributed by atoms with van der Waals surface area (Å²) in [6, 6.07) is 9.26. The molecule has 40 heavy (non-hydrogen) atoms. The van der Waals surface area contributed by atoms with Crippen molar-refractivity contribution in [1.29, 1.82) is 0 Å². The van der Waals surface area contributed by atoms with Crippen LogP contribution in [-0.2, 0) is 36.8 Å². The average molecular weight is 575 g/mol. The Hall–Kier alpha value is -4.10. The largest absolute Gasteiger partial charge is 0.508 e. The van der Waals surface area contributed by atoms with Gasteiger partial charge in [-0.2, -0.15) is 11.8 Å². The molecule has 2 aromatic rings. The van der Waals surface area contributed by atoms with Crippen LogP contribution >= 0.6 is 11.8 Å². The lowest BCUT2D eigenvalue weighted by atomic mass is 10.0. The molecule has 216 valence electrons. The fraction of sp³-hybridized carbons (Fsp3) is 0.370. The fourth-order valence-corrected chi connectivity index (χ4v) is 4.20. The number of hydrogen-bond donors (Lipinski definition) is 7. The van der Waals surface area contributed by atoms with Gasteiger partial charge in [0.15, 0.2) is 0 Å². The number of amides is 3. The van der Waals surface area contributed by atoms with Crippen molar-refractivity contribution in [3.63, 3.8) is 0 Å². The zero-order valence-corrected chi connectivity index (χ0v) is 22.7. The molecule has 0 spiro atoms. The summed E-state index contributed by atoms with van der Waals surface area (Å²) in [5.74, 6) is -4.61. The van der Waals surface area contributed by atoms with Gasteiger partial charge < -0.3 is 37.0 Å². The van der Waals surface area contributed by atoms with Crippen LogP contribution in [0, 0.1) is 0 Å². The molecule has 0 heterocycles. The van der Waals surface area contributed by atoms with Gasteiger partial charge in [0.05, 0.1) is 12.5 Å². The fourth-order valence-electron chi connectivity index (χ4n) is 3.71. The van der Waals surface area contributed by atoms with E-state index in [-0.39, 0.29) is 18.6 Å². The summed E-state index contributed by atoms with van der Waals surface area (Å²) in [7, 11) is 0. The smallest absolute Gasteiger partial charge is 0.326 e. The molecule has 0 saturated heterocycles. The highest BCUT2D eigenvalue weighted by molar-refractivity contribution is 7.98. The van der Waals surface area contributed by atoms with E-state index in [0.717, 1.165) is 0 Å². The summed E-state index contributed by atoms with van der Waals surface area (Å²) in [6.07, 6.45) is 1.23. The van der Waals surface area contributed by atoms with E-state index in [0.29, 0.717) is 23.3 Å². The molecule has 0 saturated carbocycles. The average Bonchev–Trinajstić information content (AvgIpc) is 2.91. The first-order valence-corrected chi connectivity index (χ1v) is 13.8. The minimum atomic E-state index is -1.54. The Labute approximate surface area is 235 Å². The molecular weight excluding hydrogens is 540 g/mol. The second-order valence-electron chi connectivity index (χ2n) is 9.07. The van der Waals surface area contributed by atoms with Gasteiger partial charge in [-0.05, 0) is 41.7 Å². The minimum Gasteiger partial charge on any atom is -0.508 e. The van der Waals surface area contributed by atoms with Gasteiger partial charge in [-0.1, -0.05) is 42.5 Å². The molecule has 2 rings (SSSR count). The number of aromatic hydroxyl groups is 1. The molecule has 8 N–H and O–H groups in total. The van der Waals surface area contributed by atoms with Crippen LogP contribution in [0.1, 0.15) is 24.0 Å². The number of carboxylic acids is 2. The molecule has 0 bridgehead atoms.